The van der Waals surface area contributed by atoms with Gasteiger partial charge < -0.3 is 10.0 Å². The van der Waals surface area contributed by atoms with Gasteiger partial charge in [0, 0.05) is 28.6 Å². The van der Waals surface area contributed by atoms with Crippen molar-refractivity contribution in [2.45, 2.75) is 20.3 Å². The maximum atomic E-state index is 12.9. The Balaban J connectivity index is 2.01. The number of rotatable bonds is 2. The monoisotopic (exact) mass is 376 g/mol. The summed E-state index contributed by atoms with van der Waals surface area (Å²) >= 11 is 3.42. The zero-order chi connectivity index (χ0) is 16.8. The highest BCUT2D eigenvalue weighted by molar-refractivity contribution is 9.10. The minimum atomic E-state index is -0.865. The van der Waals surface area contributed by atoms with E-state index in [0.717, 1.165) is 21.1 Å². The van der Waals surface area contributed by atoms with Gasteiger partial charge in [0.05, 0.1) is 16.5 Å². The van der Waals surface area contributed by atoms with Crippen LogP contribution in [0.2, 0.25) is 0 Å². The number of aryl methyl sites for hydroxylation is 1. The topological polar surface area (TPSA) is 70.5 Å². The summed E-state index contributed by atoms with van der Waals surface area (Å²) in [6.07, 6.45) is 0.474. The molecule has 0 spiro atoms. The fourth-order valence-electron chi connectivity index (χ4n) is 2.99. The zero-order valence-corrected chi connectivity index (χ0v) is 14.6. The second-order valence-corrected chi connectivity index (χ2v) is 7.23. The van der Waals surface area contributed by atoms with Crippen molar-refractivity contribution in [1.29, 1.82) is 0 Å². The van der Waals surface area contributed by atoms with Gasteiger partial charge in [-0.15, -0.1) is 0 Å². The van der Waals surface area contributed by atoms with Crippen molar-refractivity contribution in [1.82, 2.24) is 9.88 Å². The number of hydrogen-bond acceptors (Lipinski definition) is 3. The van der Waals surface area contributed by atoms with Gasteiger partial charge in [0.15, 0.2) is 0 Å². The molecule has 23 heavy (non-hydrogen) atoms. The van der Waals surface area contributed by atoms with Crippen LogP contribution in [0, 0.1) is 12.3 Å². The average molecular weight is 377 g/mol. The third kappa shape index (κ3) is 2.83. The molecule has 1 aliphatic heterocycles. The number of halogens is 1. The highest BCUT2D eigenvalue weighted by Crippen LogP contribution is 2.32. The van der Waals surface area contributed by atoms with E-state index < -0.39 is 11.4 Å². The molecule has 1 unspecified atom stereocenters. The predicted octanol–water partition coefficient (Wildman–Crippen LogP) is 3.24. The van der Waals surface area contributed by atoms with E-state index in [1.54, 1.807) is 17.9 Å². The lowest BCUT2D eigenvalue weighted by atomic mass is 9.90. The van der Waals surface area contributed by atoms with Gasteiger partial charge in [-0.1, -0.05) is 22.0 Å². The van der Waals surface area contributed by atoms with E-state index in [-0.39, 0.29) is 12.5 Å². The van der Waals surface area contributed by atoms with Crippen molar-refractivity contribution >= 4 is 38.7 Å². The number of carbonyl (C=O) groups excluding carboxylic acids is 1. The summed E-state index contributed by atoms with van der Waals surface area (Å²) in [5.74, 6) is -0.986. The number of fused-ring (bicyclic) bond motifs is 1. The molecule has 6 heteroatoms. The van der Waals surface area contributed by atoms with Gasteiger partial charge in [-0.2, -0.15) is 0 Å². The van der Waals surface area contributed by atoms with Crippen LogP contribution < -0.4 is 0 Å². The van der Waals surface area contributed by atoms with E-state index in [1.807, 2.05) is 25.1 Å². The van der Waals surface area contributed by atoms with Gasteiger partial charge in [0.2, 0.25) is 0 Å². The largest absolute Gasteiger partial charge is 0.481 e. The minimum Gasteiger partial charge on any atom is -0.481 e. The quantitative estimate of drug-likeness (QED) is 0.872. The molecule has 2 aromatic rings. The third-order valence-corrected chi connectivity index (χ3v) is 4.90. The van der Waals surface area contributed by atoms with E-state index >= 15 is 0 Å². The summed E-state index contributed by atoms with van der Waals surface area (Å²) in [6, 6.07) is 7.40. The molecule has 1 aromatic carbocycles. The molecule has 0 radical (unpaired) electrons. The average Bonchev–Trinajstić information content (AvgIpc) is 2.89. The molecule has 5 nitrogen and oxygen atoms in total. The molecule has 1 aliphatic rings. The second-order valence-electron chi connectivity index (χ2n) is 6.32. The SMILES string of the molecule is Cc1cc(C(=O)N2CCC(C)(C(=O)O)C2)c2ccc(Br)cc2n1. The Morgan fingerprint density at radius 2 is 2.09 bits per heavy atom. The van der Waals surface area contributed by atoms with Crippen LogP contribution in [0.25, 0.3) is 10.9 Å². The first-order valence-electron chi connectivity index (χ1n) is 7.40. The molecule has 0 saturated carbocycles. The standard InChI is InChI=1S/C17H17BrN2O3/c1-10-7-13(12-4-3-11(18)8-14(12)19-10)15(21)20-6-5-17(2,9-20)16(22)23/h3-4,7-8H,5-6,9H2,1-2H3,(H,22,23). The van der Waals surface area contributed by atoms with Crippen LogP contribution in [0.15, 0.2) is 28.7 Å². The van der Waals surface area contributed by atoms with Crippen LogP contribution in [-0.2, 0) is 4.79 Å². The molecule has 0 aliphatic carbocycles. The van der Waals surface area contributed by atoms with Gasteiger partial charge in [0.1, 0.15) is 0 Å². The minimum absolute atomic E-state index is 0.132. The van der Waals surface area contributed by atoms with Crippen molar-refractivity contribution in [2.24, 2.45) is 5.41 Å². The number of aromatic nitrogens is 1. The lowest BCUT2D eigenvalue weighted by Gasteiger charge is -2.21. The first kappa shape index (κ1) is 15.9. The van der Waals surface area contributed by atoms with Crippen molar-refractivity contribution in [3.63, 3.8) is 0 Å². The fraction of sp³-hybridized carbons (Fsp3) is 0.353. The Morgan fingerprint density at radius 3 is 2.74 bits per heavy atom. The number of likely N-dealkylation sites (tertiary alicyclic amines) is 1. The molecule has 1 fully saturated rings. The lowest BCUT2D eigenvalue weighted by Crippen LogP contribution is -2.35. The number of aliphatic carboxylic acids is 1. The van der Waals surface area contributed by atoms with Crippen LogP contribution in [0.4, 0.5) is 0 Å². The van der Waals surface area contributed by atoms with Gasteiger partial charge in [-0.05, 0) is 38.5 Å². The van der Waals surface area contributed by atoms with Gasteiger partial charge in [0.25, 0.3) is 5.91 Å². The predicted molar refractivity (Wildman–Crippen MR) is 90.4 cm³/mol. The Labute approximate surface area is 142 Å². The number of carboxylic acids is 1. The third-order valence-electron chi connectivity index (χ3n) is 4.41. The fourth-order valence-corrected chi connectivity index (χ4v) is 3.34. The van der Waals surface area contributed by atoms with E-state index in [9.17, 15) is 14.7 Å². The van der Waals surface area contributed by atoms with Crippen LogP contribution in [0.1, 0.15) is 29.4 Å². The number of carbonyl (C=O) groups is 2. The van der Waals surface area contributed by atoms with Gasteiger partial charge in [-0.25, -0.2) is 0 Å². The summed E-state index contributed by atoms with van der Waals surface area (Å²) in [5.41, 5.74) is 1.23. The Morgan fingerprint density at radius 1 is 1.35 bits per heavy atom. The highest BCUT2D eigenvalue weighted by Gasteiger charge is 2.42. The summed E-state index contributed by atoms with van der Waals surface area (Å²) in [4.78, 5) is 30.4. The highest BCUT2D eigenvalue weighted by atomic mass is 79.9. The Hall–Kier alpha value is -1.95. The van der Waals surface area contributed by atoms with Crippen LogP contribution in [0.3, 0.4) is 0 Å². The van der Waals surface area contributed by atoms with E-state index in [4.69, 9.17) is 0 Å². The van der Waals surface area contributed by atoms with Gasteiger partial charge >= 0.3 is 5.97 Å². The van der Waals surface area contributed by atoms with Crippen molar-refractivity contribution in [3.8, 4) is 0 Å². The number of pyridine rings is 1. The van der Waals surface area contributed by atoms with Crippen LogP contribution in [0.5, 0.6) is 0 Å². The summed E-state index contributed by atoms with van der Waals surface area (Å²) in [7, 11) is 0. The first-order valence-corrected chi connectivity index (χ1v) is 8.19. The zero-order valence-electron chi connectivity index (χ0n) is 13.0. The molecular formula is C17H17BrN2O3. The molecule has 1 aromatic heterocycles. The molecule has 1 amide bonds. The van der Waals surface area contributed by atoms with Crippen molar-refractivity contribution in [3.05, 3.63) is 40.0 Å². The molecule has 120 valence electrons. The van der Waals surface area contributed by atoms with Crippen LogP contribution in [-0.4, -0.2) is 40.0 Å². The number of amides is 1. The number of benzene rings is 1. The molecular weight excluding hydrogens is 360 g/mol. The smallest absolute Gasteiger partial charge is 0.311 e. The molecule has 0 bridgehead atoms. The number of hydrogen-bond donors (Lipinski definition) is 1. The first-order chi connectivity index (χ1) is 10.8. The summed E-state index contributed by atoms with van der Waals surface area (Å²) in [5, 5.41) is 10.1. The molecule has 1 atom stereocenters. The van der Waals surface area contributed by atoms with Crippen LogP contribution >= 0.6 is 15.9 Å². The Bertz CT molecular complexity index is 816. The molecule has 1 saturated heterocycles. The Kier molecular flexibility index (Phi) is 3.88. The maximum absolute atomic E-state index is 12.9. The van der Waals surface area contributed by atoms with E-state index in [1.165, 1.54) is 0 Å². The van der Waals surface area contributed by atoms with Gasteiger partial charge in [-0.3, -0.25) is 14.6 Å². The van der Waals surface area contributed by atoms with E-state index in [0.29, 0.717) is 18.5 Å². The normalized spacial score (nSPS) is 20.9. The molecule has 1 N–H and O–H groups in total. The number of carboxylic acid groups (broad SMARTS) is 1. The van der Waals surface area contributed by atoms with Crippen molar-refractivity contribution in [2.75, 3.05) is 13.1 Å². The maximum Gasteiger partial charge on any atom is 0.311 e. The van der Waals surface area contributed by atoms with E-state index in [2.05, 4.69) is 20.9 Å². The summed E-state index contributed by atoms with van der Waals surface area (Å²) < 4.78 is 0.904. The molecule has 2 heterocycles. The lowest BCUT2D eigenvalue weighted by molar-refractivity contribution is -0.147. The van der Waals surface area contributed by atoms with Crippen molar-refractivity contribution < 1.29 is 14.7 Å². The summed E-state index contributed by atoms with van der Waals surface area (Å²) in [6.45, 7) is 4.24. The second kappa shape index (κ2) is 5.60. The number of nitrogens with zero attached hydrogens (tertiary/aromatic N) is 2. The molecule has 3 rings (SSSR count).